The summed E-state index contributed by atoms with van der Waals surface area (Å²) in [6, 6.07) is 8.49. The number of anilines is 2. The van der Waals surface area contributed by atoms with Crippen LogP contribution in [0.4, 0.5) is 20.2 Å². The molecule has 0 saturated heterocycles. The van der Waals surface area contributed by atoms with Crippen molar-refractivity contribution in [3.05, 3.63) is 58.6 Å². The van der Waals surface area contributed by atoms with E-state index in [0.717, 1.165) is 11.6 Å². The molecule has 2 aromatic rings. The van der Waals surface area contributed by atoms with E-state index in [9.17, 15) is 18.4 Å². The number of benzene rings is 2. The van der Waals surface area contributed by atoms with Gasteiger partial charge in [0, 0.05) is 18.0 Å². The maximum atomic E-state index is 13.8. The summed E-state index contributed by atoms with van der Waals surface area (Å²) < 4.78 is 27.4. The number of hydrogen-bond donors (Lipinski definition) is 3. The molecule has 1 atom stereocenters. The van der Waals surface area contributed by atoms with Gasteiger partial charge in [0.2, 0.25) is 11.8 Å². The molecule has 0 spiro atoms. The summed E-state index contributed by atoms with van der Waals surface area (Å²) in [5, 5.41) is 8.19. The largest absolute Gasteiger partial charge is 0.374 e. The number of nitrogens with one attached hydrogen (secondary N) is 3. The molecule has 1 unspecified atom stereocenters. The molecule has 2 amide bonds. The van der Waals surface area contributed by atoms with Crippen LogP contribution in [0.25, 0.3) is 0 Å². The Balaban J connectivity index is 1.98. The Kier molecular flexibility index (Phi) is 6.52. The molecule has 0 aliphatic carbocycles. The van der Waals surface area contributed by atoms with E-state index in [-0.39, 0.29) is 29.9 Å². The topological polar surface area (TPSA) is 70.2 Å². The van der Waals surface area contributed by atoms with Crippen LogP contribution in [-0.2, 0) is 9.59 Å². The Hall–Kier alpha value is -2.67. The summed E-state index contributed by atoms with van der Waals surface area (Å²) in [4.78, 5) is 23.1. The van der Waals surface area contributed by atoms with Gasteiger partial charge < -0.3 is 16.0 Å². The molecule has 0 aliphatic heterocycles. The van der Waals surface area contributed by atoms with Gasteiger partial charge in [0.05, 0.1) is 24.0 Å². The molecule has 0 aliphatic rings. The zero-order valence-corrected chi connectivity index (χ0v) is 15.0. The van der Waals surface area contributed by atoms with Gasteiger partial charge >= 0.3 is 0 Å². The molecule has 26 heavy (non-hydrogen) atoms. The highest BCUT2D eigenvalue weighted by Crippen LogP contribution is 2.23. The Labute approximate surface area is 154 Å². The fourth-order valence-corrected chi connectivity index (χ4v) is 2.40. The van der Waals surface area contributed by atoms with Crippen molar-refractivity contribution in [1.82, 2.24) is 5.32 Å². The van der Waals surface area contributed by atoms with Gasteiger partial charge in [0.1, 0.15) is 11.6 Å². The van der Waals surface area contributed by atoms with E-state index in [2.05, 4.69) is 16.0 Å². The predicted molar refractivity (Wildman–Crippen MR) is 97.2 cm³/mol. The zero-order chi connectivity index (χ0) is 19.3. The third-order valence-corrected chi connectivity index (χ3v) is 3.81. The third kappa shape index (κ3) is 5.42. The first-order valence-corrected chi connectivity index (χ1v) is 8.19. The van der Waals surface area contributed by atoms with Crippen molar-refractivity contribution in [2.24, 2.45) is 0 Å². The second kappa shape index (κ2) is 8.62. The molecule has 3 N–H and O–H groups in total. The van der Waals surface area contributed by atoms with Gasteiger partial charge in [0.15, 0.2) is 0 Å². The molecular formula is C18H18ClF2N3O2. The van der Waals surface area contributed by atoms with E-state index in [4.69, 9.17) is 11.6 Å². The maximum absolute atomic E-state index is 13.8. The molecule has 0 saturated carbocycles. The van der Waals surface area contributed by atoms with Crippen molar-refractivity contribution in [1.29, 1.82) is 0 Å². The molecular weight excluding hydrogens is 364 g/mol. The first kappa shape index (κ1) is 19.7. The molecule has 8 heteroatoms. The molecule has 0 heterocycles. The van der Waals surface area contributed by atoms with Crippen LogP contribution < -0.4 is 16.0 Å². The van der Waals surface area contributed by atoms with E-state index in [0.29, 0.717) is 11.1 Å². The van der Waals surface area contributed by atoms with Crippen molar-refractivity contribution in [3.63, 3.8) is 0 Å². The number of rotatable bonds is 6. The first-order chi connectivity index (χ1) is 12.3. The average molecular weight is 382 g/mol. The van der Waals surface area contributed by atoms with Gasteiger partial charge in [-0.15, -0.1) is 0 Å². The smallest absolute Gasteiger partial charge is 0.239 e. The van der Waals surface area contributed by atoms with Crippen LogP contribution in [0.1, 0.15) is 25.5 Å². The molecule has 138 valence electrons. The SMILES string of the molecule is CC(=O)Nc1cc(NCC(=O)NC(C)c2ccc(Cl)cc2)c(F)cc1F. The van der Waals surface area contributed by atoms with Crippen LogP contribution in [-0.4, -0.2) is 18.4 Å². The zero-order valence-electron chi connectivity index (χ0n) is 14.2. The van der Waals surface area contributed by atoms with Crippen LogP contribution in [0.3, 0.4) is 0 Å². The van der Waals surface area contributed by atoms with Crippen molar-refractivity contribution in [2.45, 2.75) is 19.9 Å². The minimum atomic E-state index is -0.899. The molecule has 0 bridgehead atoms. The fourth-order valence-electron chi connectivity index (χ4n) is 2.27. The lowest BCUT2D eigenvalue weighted by atomic mass is 10.1. The lowest BCUT2D eigenvalue weighted by molar-refractivity contribution is -0.120. The number of hydrogen-bond acceptors (Lipinski definition) is 3. The Bertz CT molecular complexity index is 813. The predicted octanol–water partition coefficient (Wildman–Crippen LogP) is 3.87. The lowest BCUT2D eigenvalue weighted by Crippen LogP contribution is -2.32. The summed E-state index contributed by atoms with van der Waals surface area (Å²) in [6.45, 7) is 2.79. The highest BCUT2D eigenvalue weighted by atomic mass is 35.5. The van der Waals surface area contributed by atoms with Gasteiger partial charge in [-0.2, -0.15) is 0 Å². The van der Waals surface area contributed by atoms with Gasteiger partial charge in [-0.05, 0) is 30.7 Å². The first-order valence-electron chi connectivity index (χ1n) is 7.81. The summed E-state index contributed by atoms with van der Waals surface area (Å²) in [5.74, 6) is -2.63. The number of carbonyl (C=O) groups is 2. The Morgan fingerprint density at radius 1 is 1.08 bits per heavy atom. The van der Waals surface area contributed by atoms with E-state index in [1.807, 2.05) is 0 Å². The minimum Gasteiger partial charge on any atom is -0.374 e. The highest BCUT2D eigenvalue weighted by molar-refractivity contribution is 6.30. The quantitative estimate of drug-likeness (QED) is 0.711. The van der Waals surface area contributed by atoms with Gasteiger partial charge in [-0.1, -0.05) is 23.7 Å². The van der Waals surface area contributed by atoms with E-state index in [1.54, 1.807) is 31.2 Å². The lowest BCUT2D eigenvalue weighted by Gasteiger charge is -2.16. The maximum Gasteiger partial charge on any atom is 0.239 e. The van der Waals surface area contributed by atoms with Crippen LogP contribution in [0.5, 0.6) is 0 Å². The van der Waals surface area contributed by atoms with E-state index < -0.39 is 17.5 Å². The minimum absolute atomic E-state index is 0.0931. The molecule has 2 aromatic carbocycles. The molecule has 2 rings (SSSR count). The summed E-state index contributed by atoms with van der Waals surface area (Å²) in [6.07, 6.45) is 0. The Morgan fingerprint density at radius 2 is 1.69 bits per heavy atom. The van der Waals surface area contributed by atoms with E-state index in [1.165, 1.54) is 6.92 Å². The van der Waals surface area contributed by atoms with Crippen LogP contribution in [0, 0.1) is 11.6 Å². The second-order valence-electron chi connectivity index (χ2n) is 5.69. The monoisotopic (exact) mass is 381 g/mol. The fraction of sp³-hybridized carbons (Fsp3) is 0.222. The van der Waals surface area contributed by atoms with Crippen LogP contribution in [0.15, 0.2) is 36.4 Å². The van der Waals surface area contributed by atoms with E-state index >= 15 is 0 Å². The van der Waals surface area contributed by atoms with Crippen LogP contribution in [0.2, 0.25) is 5.02 Å². The van der Waals surface area contributed by atoms with Crippen molar-refractivity contribution in [3.8, 4) is 0 Å². The van der Waals surface area contributed by atoms with Crippen molar-refractivity contribution >= 4 is 34.8 Å². The number of halogens is 3. The summed E-state index contributed by atoms with van der Waals surface area (Å²) in [7, 11) is 0. The number of amides is 2. The molecule has 0 fully saturated rings. The van der Waals surface area contributed by atoms with Gasteiger partial charge in [-0.3, -0.25) is 9.59 Å². The van der Waals surface area contributed by atoms with Crippen LogP contribution >= 0.6 is 11.6 Å². The van der Waals surface area contributed by atoms with Crippen molar-refractivity contribution in [2.75, 3.05) is 17.2 Å². The van der Waals surface area contributed by atoms with Crippen molar-refractivity contribution < 1.29 is 18.4 Å². The molecule has 5 nitrogen and oxygen atoms in total. The molecule has 0 aromatic heterocycles. The second-order valence-corrected chi connectivity index (χ2v) is 6.12. The Morgan fingerprint density at radius 3 is 2.31 bits per heavy atom. The third-order valence-electron chi connectivity index (χ3n) is 3.55. The average Bonchev–Trinajstić information content (AvgIpc) is 2.56. The van der Waals surface area contributed by atoms with Gasteiger partial charge in [-0.25, -0.2) is 8.78 Å². The van der Waals surface area contributed by atoms with Gasteiger partial charge in [0.25, 0.3) is 0 Å². The number of carbonyl (C=O) groups excluding carboxylic acids is 2. The molecule has 0 radical (unpaired) electrons. The summed E-state index contributed by atoms with van der Waals surface area (Å²) >= 11 is 5.82. The summed E-state index contributed by atoms with van der Waals surface area (Å²) in [5.41, 5.74) is 0.601. The standard InChI is InChI=1S/C18H18ClF2N3O2/c1-10(12-3-5-13(19)6-4-12)23-18(26)9-22-16-8-17(24-11(2)25)15(21)7-14(16)20/h3-8,10,22H,9H2,1-2H3,(H,23,26)(H,24,25). The highest BCUT2D eigenvalue weighted by Gasteiger charge is 2.13. The normalized spacial score (nSPS) is 11.6.